The monoisotopic (exact) mass is 425 g/mol. The van der Waals surface area contributed by atoms with Crippen molar-refractivity contribution in [2.45, 2.75) is 19.1 Å². The first-order chi connectivity index (χ1) is 13.7. The average molecular weight is 425 g/mol. The maximum Gasteiger partial charge on any atom is 0.433 e. The third kappa shape index (κ3) is 4.49. The molecule has 29 heavy (non-hydrogen) atoms. The highest BCUT2D eigenvalue weighted by Gasteiger charge is 2.32. The van der Waals surface area contributed by atoms with Gasteiger partial charge < -0.3 is 10.4 Å². The quantitative estimate of drug-likeness (QED) is 0.646. The topological polar surface area (TPSA) is 110 Å². The molecule has 8 nitrogen and oxygen atoms in total. The van der Waals surface area contributed by atoms with Gasteiger partial charge >= 0.3 is 6.18 Å². The number of carbonyl (C=O) groups excluding carboxylic acids is 1. The lowest BCUT2D eigenvalue weighted by atomic mass is 10.1. The number of nitrogens with one attached hydrogen (secondary N) is 1. The SMILES string of the molecule is C[C@@H](CO)NC(=O)c1cc(-c2ccc(C(F)(F)F)nc2)nn(-c2cnsc2)c1=O. The Bertz CT molecular complexity index is 1070. The summed E-state index contributed by atoms with van der Waals surface area (Å²) in [4.78, 5) is 28.6. The van der Waals surface area contributed by atoms with Gasteiger partial charge in [-0.05, 0) is 36.7 Å². The van der Waals surface area contributed by atoms with Gasteiger partial charge in [0.25, 0.3) is 11.5 Å². The third-order valence-electron chi connectivity index (χ3n) is 3.82. The second kappa shape index (κ2) is 8.09. The van der Waals surface area contributed by atoms with Gasteiger partial charge in [-0.3, -0.25) is 14.6 Å². The van der Waals surface area contributed by atoms with Crippen LogP contribution in [0.1, 0.15) is 23.0 Å². The number of halogens is 3. The Morgan fingerprint density at radius 3 is 2.66 bits per heavy atom. The smallest absolute Gasteiger partial charge is 0.394 e. The van der Waals surface area contributed by atoms with Crippen LogP contribution in [0.25, 0.3) is 16.9 Å². The van der Waals surface area contributed by atoms with E-state index >= 15 is 0 Å². The Balaban J connectivity index is 2.12. The lowest BCUT2D eigenvalue weighted by molar-refractivity contribution is -0.141. The van der Waals surface area contributed by atoms with Crippen molar-refractivity contribution >= 4 is 17.4 Å². The van der Waals surface area contributed by atoms with Crippen molar-refractivity contribution in [1.29, 1.82) is 0 Å². The summed E-state index contributed by atoms with van der Waals surface area (Å²) >= 11 is 1.06. The van der Waals surface area contributed by atoms with Crippen molar-refractivity contribution in [3.63, 3.8) is 0 Å². The van der Waals surface area contributed by atoms with E-state index in [-0.39, 0.29) is 23.4 Å². The predicted octanol–water partition coefficient (Wildman–Crippen LogP) is 1.88. The number of pyridine rings is 1. The van der Waals surface area contributed by atoms with Crippen LogP contribution in [0.3, 0.4) is 0 Å². The fourth-order valence-corrected chi connectivity index (χ4v) is 2.84. The second-order valence-corrected chi connectivity index (χ2v) is 6.69. The molecular formula is C17H14F3N5O3S. The number of aromatic nitrogens is 4. The van der Waals surface area contributed by atoms with E-state index in [1.165, 1.54) is 17.6 Å². The fourth-order valence-electron chi connectivity index (χ4n) is 2.34. The predicted molar refractivity (Wildman–Crippen MR) is 97.8 cm³/mol. The zero-order valence-electron chi connectivity index (χ0n) is 14.8. The molecule has 2 N–H and O–H groups in total. The first kappa shape index (κ1) is 20.6. The molecule has 152 valence electrons. The van der Waals surface area contributed by atoms with E-state index in [1.807, 2.05) is 0 Å². The van der Waals surface area contributed by atoms with Gasteiger partial charge in [0.05, 0.1) is 24.2 Å². The van der Waals surface area contributed by atoms with E-state index in [2.05, 4.69) is 19.8 Å². The lowest BCUT2D eigenvalue weighted by Gasteiger charge is -2.13. The third-order valence-corrected chi connectivity index (χ3v) is 4.40. The van der Waals surface area contributed by atoms with Gasteiger partial charge in [0.2, 0.25) is 0 Å². The Morgan fingerprint density at radius 2 is 2.10 bits per heavy atom. The highest BCUT2D eigenvalue weighted by molar-refractivity contribution is 7.03. The summed E-state index contributed by atoms with van der Waals surface area (Å²) in [5.74, 6) is -0.753. The summed E-state index contributed by atoms with van der Waals surface area (Å²) < 4.78 is 43.1. The molecule has 0 bridgehead atoms. The standard InChI is InChI=1S/C17H14F3N5O3S/c1-9(7-26)23-15(27)12-4-13(10-2-3-14(21-5-10)17(18,19)20)24-25(16(12)28)11-6-22-29-8-11/h2-6,8-9,26H,7H2,1H3,(H,23,27)/t9-/m0/s1. The number of nitrogens with zero attached hydrogens (tertiary/aromatic N) is 4. The van der Waals surface area contributed by atoms with Gasteiger partial charge in [0, 0.05) is 23.2 Å². The normalized spacial score (nSPS) is 12.6. The summed E-state index contributed by atoms with van der Waals surface area (Å²) in [5, 5.41) is 17.2. The van der Waals surface area contributed by atoms with E-state index in [0.29, 0.717) is 5.69 Å². The molecule has 3 aromatic rings. The number of amides is 1. The molecule has 0 spiro atoms. The fraction of sp³-hybridized carbons (Fsp3) is 0.235. The maximum atomic E-state index is 12.7. The van der Waals surface area contributed by atoms with Crippen molar-refractivity contribution in [1.82, 2.24) is 24.5 Å². The van der Waals surface area contributed by atoms with Gasteiger partial charge in [0.15, 0.2) is 0 Å². The Morgan fingerprint density at radius 1 is 1.34 bits per heavy atom. The molecule has 0 aliphatic rings. The minimum Gasteiger partial charge on any atom is -0.394 e. The summed E-state index contributed by atoms with van der Waals surface area (Å²) in [6.45, 7) is 1.20. The van der Waals surface area contributed by atoms with E-state index in [9.17, 15) is 22.8 Å². The minimum absolute atomic E-state index is 0.0684. The van der Waals surface area contributed by atoms with Crippen LogP contribution in [0.5, 0.6) is 0 Å². The van der Waals surface area contributed by atoms with Crippen molar-refractivity contribution in [2.24, 2.45) is 0 Å². The van der Waals surface area contributed by atoms with Crippen molar-refractivity contribution in [3.8, 4) is 16.9 Å². The molecule has 3 heterocycles. The molecule has 0 radical (unpaired) electrons. The molecule has 0 aromatic carbocycles. The zero-order valence-corrected chi connectivity index (χ0v) is 15.7. The van der Waals surface area contributed by atoms with Crippen LogP contribution in [-0.2, 0) is 6.18 Å². The Hall–Kier alpha value is -3.12. The van der Waals surface area contributed by atoms with E-state index in [1.54, 1.807) is 6.92 Å². The van der Waals surface area contributed by atoms with E-state index in [0.717, 1.165) is 34.5 Å². The summed E-state index contributed by atoms with van der Waals surface area (Å²) in [5.41, 5.74) is -1.56. The number of rotatable bonds is 5. The molecule has 0 fully saturated rings. The van der Waals surface area contributed by atoms with Crippen LogP contribution in [0.15, 0.2) is 40.8 Å². The van der Waals surface area contributed by atoms with Gasteiger partial charge in [-0.25, -0.2) is 0 Å². The van der Waals surface area contributed by atoms with Crippen LogP contribution in [0.4, 0.5) is 13.2 Å². The number of aliphatic hydroxyl groups is 1. The number of hydrogen-bond acceptors (Lipinski definition) is 7. The highest BCUT2D eigenvalue weighted by Crippen LogP contribution is 2.28. The Kier molecular flexibility index (Phi) is 5.75. The molecule has 0 unspecified atom stereocenters. The van der Waals surface area contributed by atoms with Crippen LogP contribution in [0.2, 0.25) is 0 Å². The van der Waals surface area contributed by atoms with Crippen molar-refractivity contribution in [2.75, 3.05) is 6.61 Å². The molecule has 0 saturated heterocycles. The average Bonchev–Trinajstić information content (AvgIpc) is 3.22. The van der Waals surface area contributed by atoms with Crippen molar-refractivity contribution in [3.05, 3.63) is 57.6 Å². The summed E-state index contributed by atoms with van der Waals surface area (Å²) in [7, 11) is 0. The number of aliphatic hydroxyl groups excluding tert-OH is 1. The molecule has 0 saturated carbocycles. The molecule has 12 heteroatoms. The van der Waals surface area contributed by atoms with Crippen LogP contribution in [-0.4, -0.2) is 42.8 Å². The van der Waals surface area contributed by atoms with Crippen LogP contribution >= 0.6 is 11.5 Å². The molecule has 3 aromatic heterocycles. The largest absolute Gasteiger partial charge is 0.433 e. The van der Waals surface area contributed by atoms with Gasteiger partial charge in [-0.2, -0.15) is 27.3 Å². The minimum atomic E-state index is -4.60. The van der Waals surface area contributed by atoms with Crippen molar-refractivity contribution < 1.29 is 23.1 Å². The number of carbonyl (C=O) groups is 1. The first-order valence-corrected chi connectivity index (χ1v) is 9.04. The number of hydrogen-bond donors (Lipinski definition) is 2. The lowest BCUT2D eigenvalue weighted by Crippen LogP contribution is -2.39. The van der Waals surface area contributed by atoms with Crippen LogP contribution < -0.4 is 10.9 Å². The van der Waals surface area contributed by atoms with Crippen LogP contribution in [0, 0.1) is 0 Å². The maximum absolute atomic E-state index is 12.7. The molecule has 0 aliphatic heterocycles. The van der Waals surface area contributed by atoms with Gasteiger partial charge in [-0.15, -0.1) is 0 Å². The first-order valence-electron chi connectivity index (χ1n) is 8.20. The highest BCUT2D eigenvalue weighted by atomic mass is 32.1. The van der Waals surface area contributed by atoms with Gasteiger partial charge in [0.1, 0.15) is 11.3 Å². The van der Waals surface area contributed by atoms with Gasteiger partial charge in [-0.1, -0.05) is 0 Å². The van der Waals surface area contributed by atoms with E-state index < -0.39 is 29.4 Å². The Labute approximate surface area is 165 Å². The molecule has 3 rings (SSSR count). The molecule has 1 atom stereocenters. The molecular weight excluding hydrogens is 411 g/mol. The zero-order chi connectivity index (χ0) is 21.2. The molecule has 1 amide bonds. The van der Waals surface area contributed by atoms with E-state index in [4.69, 9.17) is 5.11 Å². The number of alkyl halides is 3. The molecule has 0 aliphatic carbocycles. The summed E-state index contributed by atoms with van der Waals surface area (Å²) in [6.07, 6.45) is -2.27. The summed E-state index contributed by atoms with van der Waals surface area (Å²) in [6, 6.07) is 2.49. The second-order valence-electron chi connectivity index (χ2n) is 6.03.